The minimum absolute atomic E-state index is 0.00854. The zero-order valence-corrected chi connectivity index (χ0v) is 9.40. The number of nitrogens with one attached hydrogen (secondary N) is 2. The van der Waals surface area contributed by atoms with Crippen molar-refractivity contribution >= 4 is 17.4 Å². The number of carbonyl (C=O) groups excluding carboxylic acids is 1. The van der Waals surface area contributed by atoms with Crippen molar-refractivity contribution in [1.82, 2.24) is 5.32 Å². The van der Waals surface area contributed by atoms with Crippen LogP contribution in [0.25, 0.3) is 0 Å². The molecule has 17 heavy (non-hydrogen) atoms. The number of nitro benzene ring substituents is 1. The average molecular weight is 235 g/mol. The van der Waals surface area contributed by atoms with Gasteiger partial charge in [-0.1, -0.05) is 6.07 Å². The number of carbonyl (C=O) groups is 1. The van der Waals surface area contributed by atoms with E-state index in [1.807, 2.05) is 0 Å². The van der Waals surface area contributed by atoms with Crippen LogP contribution < -0.4 is 10.6 Å². The molecule has 2 amide bonds. The molecule has 1 aliphatic rings. The predicted octanol–water partition coefficient (Wildman–Crippen LogP) is 2.19. The molecule has 1 aliphatic carbocycles. The Bertz CT molecular complexity index is 469. The number of amides is 2. The number of urea groups is 1. The molecule has 1 aromatic rings. The Balaban J connectivity index is 2.07. The molecular weight excluding hydrogens is 222 g/mol. The van der Waals surface area contributed by atoms with Gasteiger partial charge in [0.05, 0.1) is 4.92 Å². The Morgan fingerprint density at radius 3 is 2.76 bits per heavy atom. The number of aryl methyl sites for hydroxylation is 1. The van der Waals surface area contributed by atoms with Gasteiger partial charge in [-0.15, -0.1) is 0 Å². The first kappa shape index (κ1) is 11.4. The molecule has 0 atom stereocenters. The van der Waals surface area contributed by atoms with Gasteiger partial charge >= 0.3 is 6.03 Å². The Morgan fingerprint density at radius 1 is 1.47 bits per heavy atom. The van der Waals surface area contributed by atoms with E-state index in [2.05, 4.69) is 10.6 Å². The van der Waals surface area contributed by atoms with E-state index in [9.17, 15) is 14.9 Å². The van der Waals surface area contributed by atoms with E-state index in [0.717, 1.165) is 12.8 Å². The maximum absolute atomic E-state index is 11.4. The first-order chi connectivity index (χ1) is 8.06. The number of benzene rings is 1. The third-order valence-electron chi connectivity index (χ3n) is 2.58. The van der Waals surface area contributed by atoms with Crippen LogP contribution in [0.15, 0.2) is 18.2 Å². The average Bonchev–Trinajstić information content (AvgIpc) is 3.04. The van der Waals surface area contributed by atoms with Crippen molar-refractivity contribution in [2.45, 2.75) is 25.8 Å². The maximum Gasteiger partial charge on any atom is 0.319 e. The van der Waals surface area contributed by atoms with E-state index in [4.69, 9.17) is 0 Å². The second-order valence-corrected chi connectivity index (χ2v) is 4.13. The lowest BCUT2D eigenvalue weighted by Crippen LogP contribution is -2.30. The van der Waals surface area contributed by atoms with Crippen molar-refractivity contribution in [3.63, 3.8) is 0 Å². The summed E-state index contributed by atoms with van der Waals surface area (Å²) in [6.45, 7) is 1.66. The Kier molecular flexibility index (Phi) is 2.95. The molecular formula is C11H13N3O3. The highest BCUT2D eigenvalue weighted by Crippen LogP contribution is 2.23. The molecule has 6 nitrogen and oxygen atoms in total. The summed E-state index contributed by atoms with van der Waals surface area (Å²) in [5.74, 6) is 0. The zero-order valence-electron chi connectivity index (χ0n) is 9.40. The Hall–Kier alpha value is -2.11. The third kappa shape index (κ3) is 2.93. The molecule has 0 radical (unpaired) electrons. The summed E-state index contributed by atoms with van der Waals surface area (Å²) >= 11 is 0. The molecule has 0 aliphatic heterocycles. The number of hydrogen-bond donors (Lipinski definition) is 2. The summed E-state index contributed by atoms with van der Waals surface area (Å²) in [5, 5.41) is 16.1. The van der Waals surface area contributed by atoms with Gasteiger partial charge in [0.15, 0.2) is 0 Å². The molecule has 0 saturated heterocycles. The van der Waals surface area contributed by atoms with E-state index >= 15 is 0 Å². The van der Waals surface area contributed by atoms with Gasteiger partial charge in [-0.05, 0) is 25.8 Å². The molecule has 2 rings (SSSR count). The summed E-state index contributed by atoms with van der Waals surface area (Å²) in [4.78, 5) is 21.7. The van der Waals surface area contributed by atoms with Crippen molar-refractivity contribution in [2.24, 2.45) is 0 Å². The van der Waals surface area contributed by atoms with Gasteiger partial charge in [0.2, 0.25) is 0 Å². The molecule has 1 aromatic carbocycles. The van der Waals surface area contributed by atoms with Gasteiger partial charge in [0, 0.05) is 23.4 Å². The topological polar surface area (TPSA) is 84.3 Å². The molecule has 1 fully saturated rings. The monoisotopic (exact) mass is 235 g/mol. The molecule has 90 valence electrons. The van der Waals surface area contributed by atoms with Crippen molar-refractivity contribution < 1.29 is 9.72 Å². The molecule has 0 heterocycles. The number of nitrogens with zero attached hydrogens (tertiary/aromatic N) is 1. The largest absolute Gasteiger partial charge is 0.335 e. The van der Waals surface area contributed by atoms with E-state index in [1.165, 1.54) is 6.07 Å². The van der Waals surface area contributed by atoms with Gasteiger partial charge < -0.3 is 10.6 Å². The lowest BCUT2D eigenvalue weighted by atomic mass is 10.2. The van der Waals surface area contributed by atoms with Gasteiger partial charge in [-0.3, -0.25) is 10.1 Å². The fourth-order valence-electron chi connectivity index (χ4n) is 1.46. The number of nitro groups is 1. The summed E-state index contributed by atoms with van der Waals surface area (Å²) in [6, 6.07) is 4.57. The van der Waals surface area contributed by atoms with Crippen LogP contribution in [0.5, 0.6) is 0 Å². The Morgan fingerprint density at radius 2 is 2.18 bits per heavy atom. The fourth-order valence-corrected chi connectivity index (χ4v) is 1.46. The van der Waals surface area contributed by atoms with Crippen molar-refractivity contribution in [3.05, 3.63) is 33.9 Å². The van der Waals surface area contributed by atoms with E-state index in [1.54, 1.807) is 19.1 Å². The summed E-state index contributed by atoms with van der Waals surface area (Å²) in [7, 11) is 0. The van der Waals surface area contributed by atoms with E-state index < -0.39 is 4.92 Å². The lowest BCUT2D eigenvalue weighted by molar-refractivity contribution is -0.385. The van der Waals surface area contributed by atoms with Crippen LogP contribution in [0.2, 0.25) is 0 Å². The number of hydrogen-bond acceptors (Lipinski definition) is 3. The third-order valence-corrected chi connectivity index (χ3v) is 2.58. The summed E-state index contributed by atoms with van der Waals surface area (Å²) < 4.78 is 0. The second kappa shape index (κ2) is 4.40. The predicted molar refractivity (Wildman–Crippen MR) is 63.0 cm³/mol. The first-order valence-corrected chi connectivity index (χ1v) is 5.39. The molecule has 0 unspecified atom stereocenters. The van der Waals surface area contributed by atoms with E-state index in [-0.39, 0.29) is 17.8 Å². The van der Waals surface area contributed by atoms with Crippen LogP contribution in [0.1, 0.15) is 18.4 Å². The molecule has 0 aromatic heterocycles. The normalized spacial score (nSPS) is 14.2. The quantitative estimate of drug-likeness (QED) is 0.622. The van der Waals surface area contributed by atoms with Gasteiger partial charge in [-0.2, -0.15) is 0 Å². The van der Waals surface area contributed by atoms with Crippen LogP contribution >= 0.6 is 0 Å². The highest BCUT2D eigenvalue weighted by molar-refractivity contribution is 5.90. The molecule has 1 saturated carbocycles. The summed E-state index contributed by atoms with van der Waals surface area (Å²) in [5.41, 5.74) is 1.01. The van der Waals surface area contributed by atoms with Crippen LogP contribution in [0.3, 0.4) is 0 Å². The highest BCUT2D eigenvalue weighted by Gasteiger charge is 2.23. The molecule has 6 heteroatoms. The zero-order chi connectivity index (χ0) is 12.4. The number of rotatable bonds is 3. The standard InChI is InChI=1S/C11H13N3O3/c1-7-2-3-9(6-10(7)14(16)17)13-11(15)12-8-4-5-8/h2-3,6,8H,4-5H2,1H3,(H2,12,13,15). The van der Waals surface area contributed by atoms with Crippen LogP contribution in [0, 0.1) is 17.0 Å². The van der Waals surface area contributed by atoms with E-state index in [0.29, 0.717) is 11.3 Å². The molecule has 0 spiro atoms. The highest BCUT2D eigenvalue weighted by atomic mass is 16.6. The Labute approximate surface area is 98.2 Å². The van der Waals surface area contributed by atoms with Crippen LogP contribution in [-0.4, -0.2) is 17.0 Å². The maximum atomic E-state index is 11.4. The van der Waals surface area contributed by atoms with Crippen LogP contribution in [-0.2, 0) is 0 Å². The lowest BCUT2D eigenvalue weighted by Gasteiger charge is -2.07. The van der Waals surface area contributed by atoms with Gasteiger partial charge in [-0.25, -0.2) is 4.79 Å². The van der Waals surface area contributed by atoms with Gasteiger partial charge in [0.25, 0.3) is 5.69 Å². The van der Waals surface area contributed by atoms with Crippen molar-refractivity contribution in [3.8, 4) is 0 Å². The first-order valence-electron chi connectivity index (χ1n) is 5.39. The minimum Gasteiger partial charge on any atom is -0.335 e. The van der Waals surface area contributed by atoms with Crippen molar-refractivity contribution in [1.29, 1.82) is 0 Å². The molecule has 2 N–H and O–H groups in total. The molecule has 0 bridgehead atoms. The minimum atomic E-state index is -0.459. The smallest absolute Gasteiger partial charge is 0.319 e. The second-order valence-electron chi connectivity index (χ2n) is 4.13. The number of anilines is 1. The summed E-state index contributed by atoms with van der Waals surface area (Å²) in [6.07, 6.45) is 2.00. The SMILES string of the molecule is Cc1ccc(NC(=O)NC2CC2)cc1[N+](=O)[O-]. The fraction of sp³-hybridized carbons (Fsp3) is 0.364. The van der Waals surface area contributed by atoms with Crippen LogP contribution in [0.4, 0.5) is 16.2 Å². The van der Waals surface area contributed by atoms with Crippen molar-refractivity contribution in [2.75, 3.05) is 5.32 Å². The van der Waals surface area contributed by atoms with Gasteiger partial charge in [0.1, 0.15) is 0 Å².